The third-order valence-corrected chi connectivity index (χ3v) is 4.50. The van der Waals surface area contributed by atoms with Gasteiger partial charge in [0.15, 0.2) is 5.82 Å². The number of nitrogens with zero attached hydrogens (tertiary/aromatic N) is 5. The van der Waals surface area contributed by atoms with Gasteiger partial charge in [-0.05, 0) is 59.6 Å². The number of benzene rings is 2. The second kappa shape index (κ2) is 6.49. The zero-order valence-electron chi connectivity index (χ0n) is 13.2. The van der Waals surface area contributed by atoms with Crippen molar-refractivity contribution in [3.8, 4) is 5.69 Å². The number of para-hydroxylation sites is 1. The minimum atomic E-state index is -0.198. The van der Waals surface area contributed by atoms with Crippen molar-refractivity contribution in [3.63, 3.8) is 0 Å². The second-order valence-electron chi connectivity index (χ2n) is 6.02. The number of hydrogen-bond donors (Lipinski definition) is 0. The topological polar surface area (TPSA) is 46.8 Å². The van der Waals surface area contributed by atoms with E-state index in [1.807, 2.05) is 42.5 Å². The van der Waals surface area contributed by atoms with Crippen molar-refractivity contribution < 1.29 is 4.39 Å². The molecule has 2 heterocycles. The number of tetrazole rings is 1. The monoisotopic (exact) mass is 323 g/mol. The van der Waals surface area contributed by atoms with Gasteiger partial charge < -0.3 is 0 Å². The average Bonchev–Trinajstić information content (AvgIpc) is 3.26. The molecule has 0 saturated carbocycles. The Kier molecular flexibility index (Phi) is 4.04. The van der Waals surface area contributed by atoms with E-state index >= 15 is 0 Å². The molecular formula is C18H18FN5. The van der Waals surface area contributed by atoms with Crippen molar-refractivity contribution in [1.82, 2.24) is 25.1 Å². The van der Waals surface area contributed by atoms with E-state index in [9.17, 15) is 4.39 Å². The molecule has 0 aliphatic carbocycles. The molecule has 3 aromatic rings. The summed E-state index contributed by atoms with van der Waals surface area (Å²) in [5.41, 5.74) is 2.10. The van der Waals surface area contributed by atoms with Gasteiger partial charge >= 0.3 is 0 Å². The van der Waals surface area contributed by atoms with Crippen LogP contribution in [0.3, 0.4) is 0 Å². The maximum absolute atomic E-state index is 13.2. The zero-order valence-corrected chi connectivity index (χ0v) is 13.2. The van der Waals surface area contributed by atoms with E-state index < -0.39 is 0 Å². The molecule has 1 aliphatic heterocycles. The largest absolute Gasteiger partial charge is 0.289 e. The van der Waals surface area contributed by atoms with Crippen molar-refractivity contribution in [3.05, 3.63) is 71.8 Å². The van der Waals surface area contributed by atoms with Gasteiger partial charge in [-0.15, -0.1) is 5.10 Å². The summed E-state index contributed by atoms with van der Waals surface area (Å²) in [6.45, 7) is 1.66. The molecule has 1 saturated heterocycles. The molecule has 4 rings (SSSR count). The average molecular weight is 323 g/mol. The Morgan fingerprint density at radius 3 is 2.62 bits per heavy atom. The van der Waals surface area contributed by atoms with Crippen molar-refractivity contribution in [1.29, 1.82) is 0 Å². The molecule has 6 heteroatoms. The van der Waals surface area contributed by atoms with Gasteiger partial charge in [0.25, 0.3) is 0 Å². The molecule has 1 atom stereocenters. The molecule has 0 N–H and O–H groups in total. The van der Waals surface area contributed by atoms with Crippen LogP contribution < -0.4 is 0 Å². The van der Waals surface area contributed by atoms with Gasteiger partial charge in [-0.25, -0.2) is 4.39 Å². The molecule has 122 valence electrons. The molecule has 0 spiro atoms. The second-order valence-corrected chi connectivity index (χ2v) is 6.02. The van der Waals surface area contributed by atoms with Gasteiger partial charge in [0, 0.05) is 6.04 Å². The summed E-state index contributed by atoms with van der Waals surface area (Å²) in [5, 5.41) is 12.2. The molecule has 1 aromatic heterocycles. The summed E-state index contributed by atoms with van der Waals surface area (Å²) < 4.78 is 15.0. The Morgan fingerprint density at radius 2 is 1.83 bits per heavy atom. The van der Waals surface area contributed by atoms with Crippen LogP contribution in [0.2, 0.25) is 0 Å². The summed E-state index contributed by atoms with van der Waals surface area (Å²) in [6, 6.07) is 17.0. The Labute approximate surface area is 139 Å². The minimum absolute atomic E-state index is 0.198. The van der Waals surface area contributed by atoms with E-state index in [0.717, 1.165) is 36.5 Å². The van der Waals surface area contributed by atoms with Crippen LogP contribution in [0.15, 0.2) is 54.6 Å². The first-order valence-corrected chi connectivity index (χ1v) is 8.13. The first-order valence-electron chi connectivity index (χ1n) is 8.13. The predicted molar refractivity (Wildman–Crippen MR) is 87.9 cm³/mol. The first-order chi connectivity index (χ1) is 11.8. The fourth-order valence-electron chi connectivity index (χ4n) is 3.33. The lowest BCUT2D eigenvalue weighted by Crippen LogP contribution is -2.24. The third kappa shape index (κ3) is 2.92. The van der Waals surface area contributed by atoms with Gasteiger partial charge in [-0.1, -0.05) is 30.3 Å². The van der Waals surface area contributed by atoms with Crippen molar-refractivity contribution in [2.24, 2.45) is 0 Å². The van der Waals surface area contributed by atoms with E-state index in [4.69, 9.17) is 0 Å². The van der Waals surface area contributed by atoms with Gasteiger partial charge in [0.1, 0.15) is 5.82 Å². The summed E-state index contributed by atoms with van der Waals surface area (Å²) in [4.78, 5) is 2.36. The summed E-state index contributed by atoms with van der Waals surface area (Å²) in [5.74, 6) is 0.617. The van der Waals surface area contributed by atoms with Crippen LogP contribution in [0.1, 0.15) is 30.3 Å². The maximum atomic E-state index is 13.2. The van der Waals surface area contributed by atoms with Gasteiger partial charge in [-0.3, -0.25) is 4.90 Å². The summed E-state index contributed by atoms with van der Waals surface area (Å²) >= 11 is 0. The van der Waals surface area contributed by atoms with Crippen molar-refractivity contribution >= 4 is 0 Å². The van der Waals surface area contributed by atoms with Crippen LogP contribution in [0.5, 0.6) is 0 Å². The van der Waals surface area contributed by atoms with E-state index in [2.05, 4.69) is 20.4 Å². The fraction of sp³-hybridized carbons (Fsp3) is 0.278. The van der Waals surface area contributed by atoms with E-state index in [-0.39, 0.29) is 11.9 Å². The van der Waals surface area contributed by atoms with Gasteiger partial charge in [-0.2, -0.15) is 4.68 Å². The Bertz CT molecular complexity index is 800. The minimum Gasteiger partial charge on any atom is -0.289 e. The first kappa shape index (κ1) is 15.0. The molecule has 2 aromatic carbocycles. The molecule has 0 amide bonds. The number of likely N-dealkylation sites (tertiary alicyclic amines) is 1. The van der Waals surface area contributed by atoms with Gasteiger partial charge in [0.2, 0.25) is 0 Å². The van der Waals surface area contributed by atoms with Crippen LogP contribution in [0, 0.1) is 5.82 Å². The van der Waals surface area contributed by atoms with Gasteiger partial charge in [0.05, 0.1) is 12.2 Å². The highest BCUT2D eigenvalue weighted by Gasteiger charge is 2.27. The molecule has 24 heavy (non-hydrogen) atoms. The van der Waals surface area contributed by atoms with Crippen LogP contribution in [0.4, 0.5) is 4.39 Å². The number of rotatable bonds is 4. The highest BCUT2D eigenvalue weighted by molar-refractivity contribution is 5.30. The lowest BCUT2D eigenvalue weighted by molar-refractivity contribution is 0.240. The van der Waals surface area contributed by atoms with Crippen LogP contribution in [0.25, 0.3) is 5.69 Å². The highest BCUT2D eigenvalue weighted by Crippen LogP contribution is 2.33. The zero-order chi connectivity index (χ0) is 16.4. The Morgan fingerprint density at radius 1 is 1.04 bits per heavy atom. The Hall–Kier alpha value is -2.60. The van der Waals surface area contributed by atoms with E-state index in [1.54, 1.807) is 4.68 Å². The quantitative estimate of drug-likeness (QED) is 0.740. The normalized spacial score (nSPS) is 18.1. The molecule has 0 unspecified atom stereocenters. The summed E-state index contributed by atoms with van der Waals surface area (Å²) in [7, 11) is 0. The molecule has 0 bridgehead atoms. The lowest BCUT2D eigenvalue weighted by atomic mass is 10.0. The molecule has 1 fully saturated rings. The molecule has 5 nitrogen and oxygen atoms in total. The van der Waals surface area contributed by atoms with Crippen molar-refractivity contribution in [2.45, 2.75) is 25.4 Å². The van der Waals surface area contributed by atoms with Crippen molar-refractivity contribution in [2.75, 3.05) is 6.54 Å². The summed E-state index contributed by atoms with van der Waals surface area (Å²) in [6.07, 6.45) is 2.19. The number of hydrogen-bond acceptors (Lipinski definition) is 4. The predicted octanol–water partition coefficient (Wildman–Crippen LogP) is 3.14. The maximum Gasteiger partial charge on any atom is 0.170 e. The van der Waals surface area contributed by atoms with Crippen LogP contribution in [-0.4, -0.2) is 31.7 Å². The number of aromatic nitrogens is 4. The SMILES string of the molecule is Fc1ccc([C@H]2CCCN2Cc2nnnn2-c2ccccc2)cc1. The third-order valence-electron chi connectivity index (χ3n) is 4.50. The molecule has 1 aliphatic rings. The Balaban J connectivity index is 1.57. The molecular weight excluding hydrogens is 305 g/mol. The smallest absolute Gasteiger partial charge is 0.170 e. The van der Waals surface area contributed by atoms with Crippen LogP contribution >= 0.6 is 0 Å². The number of halogens is 1. The molecule has 0 radical (unpaired) electrons. The highest BCUT2D eigenvalue weighted by atomic mass is 19.1. The van der Waals surface area contributed by atoms with E-state index in [1.165, 1.54) is 12.1 Å². The van der Waals surface area contributed by atoms with Crippen LogP contribution in [-0.2, 0) is 6.54 Å². The standard InChI is InChI=1S/C18H18FN5/c19-15-10-8-14(9-11-15)17-7-4-12-23(17)13-18-20-21-22-24(18)16-5-2-1-3-6-16/h1-3,5-6,8-11,17H,4,7,12-13H2/t17-/m1/s1. The van der Waals surface area contributed by atoms with E-state index in [0.29, 0.717) is 6.54 Å². The lowest BCUT2D eigenvalue weighted by Gasteiger charge is -2.24. The fourth-order valence-corrected chi connectivity index (χ4v) is 3.33.